The maximum Gasteiger partial charge on any atom is 0 e. The van der Waals surface area contributed by atoms with E-state index >= 15 is 0 Å². The molecule has 0 fully saturated rings. The zero-order valence-corrected chi connectivity index (χ0v) is 11.9. The predicted octanol–water partition coefficient (Wildman–Crippen LogP) is 0.889. The van der Waals surface area contributed by atoms with E-state index in [2.05, 4.69) is 19.2 Å². The van der Waals surface area contributed by atoms with Crippen molar-refractivity contribution in [3.05, 3.63) is 24.4 Å². The zero-order valence-electron chi connectivity index (χ0n) is 7.57. The van der Waals surface area contributed by atoms with E-state index in [0.717, 1.165) is 0 Å². The van der Waals surface area contributed by atoms with Crippen LogP contribution < -0.4 is 5.32 Å². The zero-order chi connectivity index (χ0) is 9.56. The van der Waals surface area contributed by atoms with Gasteiger partial charge in [-0.2, -0.15) is 0 Å². The number of allylic oxidation sites excluding steroid dienone is 2. The van der Waals surface area contributed by atoms with Gasteiger partial charge < -0.3 is 0 Å². The van der Waals surface area contributed by atoms with E-state index in [1.165, 1.54) is 29.7 Å². The molecule has 0 aromatic heterocycles. The Morgan fingerprint density at radius 1 is 1.54 bits per heavy atom. The first kappa shape index (κ1) is 15.6. The third-order valence-electron chi connectivity index (χ3n) is 1.19. The average molecular weight is 384 g/mol. The van der Waals surface area contributed by atoms with E-state index in [0.29, 0.717) is 11.6 Å². The van der Waals surface area contributed by atoms with Gasteiger partial charge >= 0.3 is 84.0 Å². The molecule has 0 bridgehead atoms. The maximum absolute atomic E-state index is 9.82. The first-order valence-corrected chi connectivity index (χ1v) is 5.02. The molecule has 0 spiro atoms. The van der Waals surface area contributed by atoms with Crippen molar-refractivity contribution < 1.29 is 42.7 Å². The first-order chi connectivity index (χ1) is 5.57. The minimum absolute atomic E-state index is 0. The van der Waals surface area contributed by atoms with Gasteiger partial charge in [0.2, 0.25) is 0 Å². The van der Waals surface area contributed by atoms with Gasteiger partial charge in [-0.3, -0.25) is 0 Å². The molecule has 0 heterocycles. The monoisotopic (exact) mass is 384 g/mol. The van der Waals surface area contributed by atoms with Crippen LogP contribution in [0.5, 0.6) is 0 Å². The van der Waals surface area contributed by atoms with Gasteiger partial charge in [0, 0.05) is 18.6 Å². The predicted molar refractivity (Wildman–Crippen MR) is 45.6 cm³/mol. The van der Waals surface area contributed by atoms with Gasteiger partial charge in [0.05, 0.1) is 0 Å². The van der Waals surface area contributed by atoms with Gasteiger partial charge in [0.25, 0.3) is 0 Å². The number of hydrogen-bond acceptors (Lipinski definition) is 1. The molecule has 1 amide bonds. The van der Waals surface area contributed by atoms with Gasteiger partial charge in [-0.25, -0.2) is 0 Å². The second-order valence-corrected chi connectivity index (χ2v) is 4.27. The van der Waals surface area contributed by atoms with Crippen molar-refractivity contribution in [3.8, 4) is 0 Å². The summed E-state index contributed by atoms with van der Waals surface area (Å²) in [6.45, 7) is 9.61. The molecule has 13 heavy (non-hydrogen) atoms. The third-order valence-corrected chi connectivity index (χ3v) is 3.37. The van der Waals surface area contributed by atoms with E-state index < -0.39 is 0 Å². The number of rotatable bonds is 5. The van der Waals surface area contributed by atoms with E-state index in [1.54, 1.807) is 6.08 Å². The Kier molecular flexibility index (Phi) is 10.4. The van der Waals surface area contributed by atoms with Crippen LogP contribution in [0.3, 0.4) is 0 Å². The standard InChI is InChI=1S/C9H11NO.V.W/c1-8(2)5-4-6-9(3)10-7-11;;/h3-4,6,8H,1-2H3,(H,10,11);;/q-2;;/b6-4-;;. The summed E-state index contributed by atoms with van der Waals surface area (Å²) >= 11 is 1.42. The van der Waals surface area contributed by atoms with Crippen molar-refractivity contribution in [2.75, 3.05) is 0 Å². The van der Waals surface area contributed by atoms with Gasteiger partial charge in [-0.05, 0) is 0 Å². The summed E-state index contributed by atoms with van der Waals surface area (Å²) in [6, 6.07) is 0. The minimum Gasteiger partial charge on any atom is 0 e. The minimum atomic E-state index is 0. The molecule has 0 atom stereocenters. The normalized spacial score (nSPS) is 9.46. The molecular formula is C9H11NOVW-2. The van der Waals surface area contributed by atoms with Crippen LogP contribution in [0.2, 0.25) is 0 Å². The van der Waals surface area contributed by atoms with Gasteiger partial charge in [-0.15, -0.1) is 0 Å². The molecule has 71 valence electrons. The quantitative estimate of drug-likeness (QED) is 0.426. The molecule has 2 nitrogen and oxygen atoms in total. The summed E-state index contributed by atoms with van der Waals surface area (Å²) in [5, 5.41) is 2.24. The maximum atomic E-state index is 9.82. The van der Waals surface area contributed by atoms with Gasteiger partial charge in [0.1, 0.15) is 0 Å². The molecule has 0 aliphatic carbocycles. The average Bonchev–Trinajstić information content (AvgIpc) is 2.00. The molecule has 0 unspecified atom stereocenters. The fourth-order valence-corrected chi connectivity index (χ4v) is 0.709. The molecular weight excluding hydrogens is 373 g/mol. The first-order valence-electron chi connectivity index (χ1n) is 3.55. The molecule has 1 N–H and O–H groups in total. The summed E-state index contributed by atoms with van der Waals surface area (Å²) < 4.78 is 1.30. The van der Waals surface area contributed by atoms with E-state index in [4.69, 9.17) is 6.58 Å². The van der Waals surface area contributed by atoms with Crippen LogP contribution in [0, 0.1) is 12.5 Å². The smallest absolute Gasteiger partial charge is 0 e. The van der Waals surface area contributed by atoms with Crippen LogP contribution in [0.1, 0.15) is 13.8 Å². The largest absolute Gasteiger partial charge is 0 e. The molecule has 0 aromatic rings. The summed E-state index contributed by atoms with van der Waals surface area (Å²) in [6.07, 6.45) is 5.09. The second-order valence-electron chi connectivity index (χ2n) is 2.57. The van der Waals surface area contributed by atoms with Crippen molar-refractivity contribution in [2.45, 2.75) is 13.8 Å². The molecule has 0 saturated carbocycles. The van der Waals surface area contributed by atoms with Crippen molar-refractivity contribution in [1.82, 2.24) is 5.32 Å². The van der Waals surface area contributed by atoms with Crippen molar-refractivity contribution in [1.29, 1.82) is 0 Å². The van der Waals surface area contributed by atoms with Crippen molar-refractivity contribution in [2.24, 2.45) is 5.92 Å². The van der Waals surface area contributed by atoms with E-state index in [9.17, 15) is 4.79 Å². The Bertz CT molecular complexity index is 224. The van der Waals surface area contributed by atoms with Gasteiger partial charge in [-0.1, -0.05) is 0 Å². The topological polar surface area (TPSA) is 29.1 Å². The summed E-state index contributed by atoms with van der Waals surface area (Å²) in [4.78, 5) is 9.82. The second kappa shape index (κ2) is 8.68. The fraction of sp³-hybridized carbons (Fsp3) is 0.333. The molecule has 4 heteroatoms. The number of nitrogens with one attached hydrogen (secondary N) is 1. The Morgan fingerprint density at radius 3 is 2.46 bits per heavy atom. The van der Waals surface area contributed by atoms with Crippen LogP contribution in [-0.4, -0.2) is 10.3 Å². The summed E-state index contributed by atoms with van der Waals surface area (Å²) in [7, 11) is 0. The molecule has 0 aliphatic rings. The van der Waals surface area contributed by atoms with Crippen LogP contribution in [0.25, 0.3) is 0 Å². The van der Waals surface area contributed by atoms with Crippen LogP contribution in [-0.2, 0) is 42.7 Å². The number of carbonyl (C=O) groups excluding carboxylic acids is 1. The molecule has 0 aliphatic heterocycles. The molecule has 0 rings (SSSR count). The summed E-state index contributed by atoms with van der Waals surface area (Å²) in [5.41, 5.74) is 0.324. The van der Waals surface area contributed by atoms with Crippen LogP contribution >= 0.6 is 0 Å². The third kappa shape index (κ3) is 8.42. The molecule has 0 saturated heterocycles. The van der Waals surface area contributed by atoms with Gasteiger partial charge in [0.15, 0.2) is 0 Å². The Labute approximate surface area is 102 Å². The molecule has 1 radical (unpaired) electrons. The number of hydrogen-bond donors (Lipinski definition) is 1. The van der Waals surface area contributed by atoms with Crippen molar-refractivity contribution >= 4 is 10.3 Å². The Morgan fingerprint density at radius 2 is 2.08 bits per heavy atom. The van der Waals surface area contributed by atoms with Crippen molar-refractivity contribution in [3.63, 3.8) is 0 Å². The van der Waals surface area contributed by atoms with E-state index in [1.807, 2.05) is 6.08 Å². The fourth-order valence-electron chi connectivity index (χ4n) is 0.465. The van der Waals surface area contributed by atoms with Crippen LogP contribution in [0.4, 0.5) is 0 Å². The Balaban J connectivity index is 0. The summed E-state index contributed by atoms with van der Waals surface area (Å²) in [5.74, 6) is 0.532. The SMILES string of the molecule is [CH-]=C(/C=C\[C](=[W])C(C)C)N[C-]=O.[V]. The Hall–Kier alpha value is 0.0927. The molecule has 0 aromatic carbocycles. The van der Waals surface area contributed by atoms with Crippen LogP contribution in [0.15, 0.2) is 17.8 Å². The van der Waals surface area contributed by atoms with E-state index in [-0.39, 0.29) is 18.6 Å². The number of amides is 1.